The summed E-state index contributed by atoms with van der Waals surface area (Å²) in [6.07, 6.45) is 1.44. The molecule has 2 heterocycles. The summed E-state index contributed by atoms with van der Waals surface area (Å²) in [5.74, 6) is 0.603. The minimum absolute atomic E-state index is 0.111. The summed E-state index contributed by atoms with van der Waals surface area (Å²) in [6.45, 7) is 8.39. The summed E-state index contributed by atoms with van der Waals surface area (Å²) < 4.78 is 15.9. The van der Waals surface area contributed by atoms with Gasteiger partial charge < -0.3 is 24.3 Å². The van der Waals surface area contributed by atoms with Gasteiger partial charge in [-0.05, 0) is 59.9 Å². The van der Waals surface area contributed by atoms with Crippen LogP contribution >= 0.6 is 0 Å². The van der Waals surface area contributed by atoms with Gasteiger partial charge in [-0.3, -0.25) is 9.59 Å². The summed E-state index contributed by atoms with van der Waals surface area (Å²) in [5.41, 5.74) is 4.35. The number of rotatable bonds is 7. The number of hydrogen-bond acceptors (Lipinski definition) is 6. The molecule has 36 heavy (non-hydrogen) atoms. The van der Waals surface area contributed by atoms with Crippen molar-refractivity contribution in [1.29, 1.82) is 0 Å². The number of hydrogen-bond donors (Lipinski definition) is 2. The van der Waals surface area contributed by atoms with Crippen LogP contribution < -0.4 is 15.4 Å². The van der Waals surface area contributed by atoms with Crippen molar-refractivity contribution in [3.63, 3.8) is 0 Å². The maximum Gasteiger partial charge on any atom is 0.287 e. The first-order chi connectivity index (χ1) is 17.2. The number of anilines is 1. The van der Waals surface area contributed by atoms with Gasteiger partial charge in [-0.2, -0.15) is 0 Å². The molecule has 0 atom stereocenters. The van der Waals surface area contributed by atoms with Crippen LogP contribution in [0.2, 0.25) is 0 Å². The molecule has 186 valence electrons. The van der Waals surface area contributed by atoms with Gasteiger partial charge in [0.15, 0.2) is 11.5 Å². The van der Waals surface area contributed by atoms with Gasteiger partial charge in [0.2, 0.25) is 0 Å². The Balaban J connectivity index is 1.51. The minimum atomic E-state index is -0.343. The lowest BCUT2D eigenvalue weighted by Crippen LogP contribution is -2.21. The molecule has 0 unspecified atom stereocenters. The van der Waals surface area contributed by atoms with Gasteiger partial charge in [0.25, 0.3) is 11.8 Å². The van der Waals surface area contributed by atoms with Gasteiger partial charge in [-0.15, -0.1) is 0 Å². The van der Waals surface area contributed by atoms with Crippen LogP contribution in [0.3, 0.4) is 0 Å². The Bertz CT molecular complexity index is 1380. The molecule has 0 saturated carbocycles. The fourth-order valence-electron chi connectivity index (χ4n) is 3.71. The number of methoxy groups -OCH3 is 1. The smallest absolute Gasteiger partial charge is 0.287 e. The second-order valence-electron chi connectivity index (χ2n) is 9.49. The van der Waals surface area contributed by atoms with Crippen molar-refractivity contribution in [3.05, 3.63) is 89.1 Å². The summed E-state index contributed by atoms with van der Waals surface area (Å²) in [4.78, 5) is 25.3. The molecule has 8 heteroatoms. The number of carbonyl (C=O) groups is 2. The molecule has 0 fully saturated rings. The lowest BCUT2D eigenvalue weighted by Gasteiger charge is -2.21. The number of carbonyl (C=O) groups excluding carboxylic acids is 2. The van der Waals surface area contributed by atoms with Crippen molar-refractivity contribution in [3.8, 4) is 17.0 Å². The first-order valence-corrected chi connectivity index (χ1v) is 11.5. The molecule has 2 aromatic heterocycles. The highest BCUT2D eigenvalue weighted by Crippen LogP contribution is 2.30. The van der Waals surface area contributed by atoms with Crippen molar-refractivity contribution in [1.82, 2.24) is 10.5 Å². The molecule has 0 bridgehead atoms. The number of nitrogens with zero attached hydrogens (tertiary/aromatic N) is 1. The first kappa shape index (κ1) is 24.8. The van der Waals surface area contributed by atoms with Gasteiger partial charge in [-0.25, -0.2) is 0 Å². The third-order valence-electron chi connectivity index (χ3n) is 5.81. The first-order valence-electron chi connectivity index (χ1n) is 11.5. The van der Waals surface area contributed by atoms with E-state index in [-0.39, 0.29) is 29.5 Å². The predicted molar refractivity (Wildman–Crippen MR) is 136 cm³/mol. The third-order valence-corrected chi connectivity index (χ3v) is 5.81. The molecule has 0 aliphatic carbocycles. The van der Waals surface area contributed by atoms with E-state index in [0.717, 1.165) is 16.7 Å². The van der Waals surface area contributed by atoms with Crippen LogP contribution in [0.4, 0.5) is 5.69 Å². The fraction of sp³-hybridized carbons (Fsp3) is 0.250. The number of aryl methyl sites for hydroxylation is 1. The zero-order valence-corrected chi connectivity index (χ0v) is 21.0. The monoisotopic (exact) mass is 487 g/mol. The maximum absolute atomic E-state index is 13.2. The summed E-state index contributed by atoms with van der Waals surface area (Å²) in [7, 11) is 1.55. The van der Waals surface area contributed by atoms with Crippen molar-refractivity contribution < 1.29 is 23.3 Å². The third kappa shape index (κ3) is 5.49. The molecule has 0 aliphatic heterocycles. The molecule has 0 aliphatic rings. The quantitative estimate of drug-likeness (QED) is 0.345. The maximum atomic E-state index is 13.2. The van der Waals surface area contributed by atoms with Crippen molar-refractivity contribution >= 4 is 17.5 Å². The zero-order chi connectivity index (χ0) is 25.9. The van der Waals surface area contributed by atoms with Gasteiger partial charge in [0.1, 0.15) is 11.4 Å². The van der Waals surface area contributed by atoms with Crippen LogP contribution in [-0.2, 0) is 12.0 Å². The van der Waals surface area contributed by atoms with E-state index >= 15 is 0 Å². The van der Waals surface area contributed by atoms with Gasteiger partial charge in [-0.1, -0.05) is 38.1 Å². The van der Waals surface area contributed by atoms with E-state index in [0.29, 0.717) is 28.5 Å². The largest absolute Gasteiger partial charge is 0.496 e. The van der Waals surface area contributed by atoms with Crippen LogP contribution in [0.15, 0.2) is 69.8 Å². The highest BCUT2D eigenvalue weighted by molar-refractivity contribution is 6.06. The Morgan fingerprint density at radius 2 is 1.83 bits per heavy atom. The van der Waals surface area contributed by atoms with Gasteiger partial charge in [0, 0.05) is 17.3 Å². The SMILES string of the molecule is COc1ccc(C(C)(C)C)cc1C(=O)Nc1ccc(C)c(-c2cc(CNC(=O)c3ccco3)on2)c1. The Hall–Kier alpha value is -4.33. The summed E-state index contributed by atoms with van der Waals surface area (Å²) >= 11 is 0. The van der Waals surface area contributed by atoms with Crippen LogP contribution in [0.25, 0.3) is 11.3 Å². The summed E-state index contributed by atoms with van der Waals surface area (Å²) in [6, 6.07) is 16.2. The number of aromatic nitrogens is 1. The van der Waals surface area contributed by atoms with Crippen LogP contribution in [0.5, 0.6) is 5.75 Å². The predicted octanol–water partition coefficient (Wildman–Crippen LogP) is 5.73. The van der Waals surface area contributed by atoms with E-state index < -0.39 is 0 Å². The Morgan fingerprint density at radius 3 is 2.53 bits per heavy atom. The Kier molecular flexibility index (Phi) is 6.96. The summed E-state index contributed by atoms with van der Waals surface area (Å²) in [5, 5.41) is 9.84. The van der Waals surface area contributed by atoms with Crippen molar-refractivity contribution in [2.45, 2.75) is 39.7 Å². The van der Waals surface area contributed by atoms with E-state index in [1.165, 1.54) is 6.26 Å². The standard InChI is InChI=1S/C28H29N3O5/c1-17-8-10-19(30-26(32)22-13-18(28(2,3)4)9-11-24(22)34-5)14-21(17)23-15-20(36-31-23)16-29-27(33)25-7-6-12-35-25/h6-15H,16H2,1-5H3,(H,29,33)(H,30,32). The minimum Gasteiger partial charge on any atom is -0.496 e. The van der Waals surface area contributed by atoms with E-state index in [9.17, 15) is 9.59 Å². The van der Waals surface area contributed by atoms with Crippen LogP contribution in [0.1, 0.15) is 58.6 Å². The molecule has 8 nitrogen and oxygen atoms in total. The lowest BCUT2D eigenvalue weighted by molar-refractivity contribution is 0.0918. The topological polar surface area (TPSA) is 107 Å². The Labute approximate surface area is 209 Å². The fourth-order valence-corrected chi connectivity index (χ4v) is 3.71. The van der Waals surface area contributed by atoms with E-state index in [4.69, 9.17) is 13.7 Å². The number of furan rings is 1. The van der Waals surface area contributed by atoms with Crippen LogP contribution in [-0.4, -0.2) is 24.1 Å². The molecule has 2 N–H and O–H groups in total. The molecule has 4 rings (SSSR count). The molecule has 0 saturated heterocycles. The Morgan fingerprint density at radius 1 is 1.03 bits per heavy atom. The lowest BCUT2D eigenvalue weighted by atomic mass is 9.86. The van der Waals surface area contributed by atoms with Gasteiger partial charge >= 0.3 is 0 Å². The average molecular weight is 488 g/mol. The van der Waals surface area contributed by atoms with Crippen LogP contribution in [0, 0.1) is 6.92 Å². The molecule has 4 aromatic rings. The molecule has 2 aromatic carbocycles. The number of benzene rings is 2. The number of ether oxygens (including phenoxy) is 1. The molecule has 0 radical (unpaired) electrons. The highest BCUT2D eigenvalue weighted by atomic mass is 16.5. The number of nitrogens with one attached hydrogen (secondary N) is 2. The normalized spacial score (nSPS) is 11.2. The average Bonchev–Trinajstić information content (AvgIpc) is 3.55. The molecule has 0 spiro atoms. The van der Waals surface area contributed by atoms with Gasteiger partial charge in [0.05, 0.1) is 25.5 Å². The molecular formula is C28H29N3O5. The second-order valence-corrected chi connectivity index (χ2v) is 9.49. The zero-order valence-electron chi connectivity index (χ0n) is 21.0. The molecule has 2 amide bonds. The molecular weight excluding hydrogens is 458 g/mol. The van der Waals surface area contributed by atoms with Crippen molar-refractivity contribution in [2.75, 3.05) is 12.4 Å². The number of amides is 2. The highest BCUT2D eigenvalue weighted by Gasteiger charge is 2.20. The van der Waals surface area contributed by atoms with Crippen molar-refractivity contribution in [2.24, 2.45) is 0 Å². The van der Waals surface area contributed by atoms with E-state index in [1.807, 2.05) is 43.3 Å². The second kappa shape index (κ2) is 10.1. The van der Waals surface area contributed by atoms with E-state index in [2.05, 4.69) is 36.6 Å². The van der Waals surface area contributed by atoms with E-state index in [1.54, 1.807) is 25.3 Å².